The number of esters is 1. The first-order valence-electron chi connectivity index (χ1n) is 8.75. The van der Waals surface area contributed by atoms with Crippen molar-refractivity contribution in [2.45, 2.75) is 29.7 Å². The zero-order valence-electron chi connectivity index (χ0n) is 14.5. The molecule has 27 heavy (non-hydrogen) atoms. The highest BCUT2D eigenvalue weighted by molar-refractivity contribution is 8.00. The van der Waals surface area contributed by atoms with Gasteiger partial charge < -0.3 is 20.5 Å². The van der Waals surface area contributed by atoms with Gasteiger partial charge in [-0.15, -0.1) is 11.8 Å². The average Bonchev–Trinajstić information content (AvgIpc) is 2.72. The minimum atomic E-state index is -1.03. The summed E-state index contributed by atoms with van der Waals surface area (Å²) in [7, 11) is 0. The maximum Gasteiger partial charge on any atom is 0.332 e. The molecule has 2 aliphatic heterocycles. The van der Waals surface area contributed by atoms with Gasteiger partial charge in [-0.05, 0) is 11.1 Å². The van der Waals surface area contributed by atoms with Crippen LogP contribution in [0.1, 0.15) is 17.2 Å². The lowest BCUT2D eigenvalue weighted by molar-refractivity contribution is -0.172. The van der Waals surface area contributed by atoms with Crippen molar-refractivity contribution in [2.75, 3.05) is 5.75 Å². The minimum absolute atomic E-state index is 0.287. The topological polar surface area (TPSA) is 92.9 Å². The number of carbonyl (C=O) groups is 2. The molecule has 1 amide bonds. The molecule has 0 aliphatic carbocycles. The second kappa shape index (κ2) is 7.34. The number of nitrogens with zero attached hydrogens (tertiary/aromatic N) is 1. The van der Waals surface area contributed by atoms with E-state index in [1.807, 2.05) is 60.7 Å². The SMILES string of the molecule is NC1C(=O)N2C(C(=O)OC(c3ccccc3)c3ccccc3)C(O)CS[C@@H]12. The first kappa shape index (κ1) is 18.0. The molecule has 2 heterocycles. The van der Waals surface area contributed by atoms with Gasteiger partial charge in [0.05, 0.1) is 6.10 Å². The third kappa shape index (κ3) is 3.22. The van der Waals surface area contributed by atoms with Crippen LogP contribution in [0.5, 0.6) is 0 Å². The van der Waals surface area contributed by atoms with E-state index in [-0.39, 0.29) is 11.3 Å². The summed E-state index contributed by atoms with van der Waals surface area (Å²) < 4.78 is 5.83. The number of aliphatic hydroxyl groups excluding tert-OH is 1. The molecule has 4 rings (SSSR count). The van der Waals surface area contributed by atoms with E-state index in [4.69, 9.17) is 10.5 Å². The van der Waals surface area contributed by atoms with Crippen LogP contribution in [0.2, 0.25) is 0 Å². The molecule has 0 bridgehead atoms. The van der Waals surface area contributed by atoms with Crippen molar-refractivity contribution in [1.82, 2.24) is 4.90 Å². The van der Waals surface area contributed by atoms with Gasteiger partial charge in [0.1, 0.15) is 11.4 Å². The van der Waals surface area contributed by atoms with Crippen LogP contribution in [0.4, 0.5) is 0 Å². The van der Waals surface area contributed by atoms with Crippen LogP contribution in [-0.2, 0) is 14.3 Å². The maximum atomic E-state index is 13.0. The molecule has 2 fully saturated rings. The lowest BCUT2D eigenvalue weighted by atomic mass is 9.99. The van der Waals surface area contributed by atoms with Gasteiger partial charge in [0.25, 0.3) is 0 Å². The molecule has 0 radical (unpaired) electrons. The maximum absolute atomic E-state index is 13.0. The number of benzene rings is 2. The third-order valence-corrected chi connectivity index (χ3v) is 6.30. The van der Waals surface area contributed by atoms with E-state index in [1.54, 1.807) is 0 Å². The molecule has 2 saturated heterocycles. The van der Waals surface area contributed by atoms with Crippen molar-refractivity contribution in [3.8, 4) is 0 Å². The summed E-state index contributed by atoms with van der Waals surface area (Å²) in [5.41, 5.74) is 7.46. The number of hydrogen-bond acceptors (Lipinski definition) is 6. The lowest BCUT2D eigenvalue weighted by Gasteiger charge is -2.52. The van der Waals surface area contributed by atoms with Gasteiger partial charge in [-0.2, -0.15) is 0 Å². The molecule has 0 aromatic heterocycles. The Hall–Kier alpha value is -2.35. The minimum Gasteiger partial charge on any atom is -0.451 e. The fraction of sp³-hybridized carbons (Fsp3) is 0.300. The fourth-order valence-corrected chi connectivity index (χ4v) is 4.80. The molecule has 0 saturated carbocycles. The van der Waals surface area contributed by atoms with Crippen LogP contribution in [0, 0.1) is 0 Å². The zero-order valence-corrected chi connectivity index (χ0v) is 15.3. The van der Waals surface area contributed by atoms with Crippen molar-refractivity contribution >= 4 is 23.6 Å². The first-order chi connectivity index (χ1) is 13.1. The predicted octanol–water partition coefficient (Wildman–Crippen LogP) is 1.29. The van der Waals surface area contributed by atoms with Crippen molar-refractivity contribution < 1.29 is 19.4 Å². The van der Waals surface area contributed by atoms with E-state index < -0.39 is 30.3 Å². The largest absolute Gasteiger partial charge is 0.451 e. The van der Waals surface area contributed by atoms with E-state index in [0.717, 1.165) is 11.1 Å². The Morgan fingerprint density at radius 2 is 1.67 bits per heavy atom. The highest BCUT2D eigenvalue weighted by Crippen LogP contribution is 2.38. The summed E-state index contributed by atoms with van der Waals surface area (Å²) in [5, 5.41) is 10.1. The number of thioether (sulfide) groups is 1. The molecular formula is C20H20N2O4S. The van der Waals surface area contributed by atoms with E-state index in [1.165, 1.54) is 16.7 Å². The molecule has 2 aliphatic rings. The number of ether oxygens (including phenoxy) is 1. The van der Waals surface area contributed by atoms with Crippen LogP contribution in [0.3, 0.4) is 0 Å². The number of hydrogen-bond donors (Lipinski definition) is 2. The Kier molecular flexibility index (Phi) is 4.90. The molecule has 3 unspecified atom stereocenters. The monoisotopic (exact) mass is 384 g/mol. The smallest absolute Gasteiger partial charge is 0.332 e. The van der Waals surface area contributed by atoms with Crippen LogP contribution >= 0.6 is 11.8 Å². The number of rotatable bonds is 4. The summed E-state index contributed by atoms with van der Waals surface area (Å²) in [4.78, 5) is 26.5. The molecule has 7 heteroatoms. The van der Waals surface area contributed by atoms with E-state index in [9.17, 15) is 14.7 Å². The normalized spacial score (nSPS) is 27.1. The molecule has 2 aromatic rings. The fourth-order valence-electron chi connectivity index (χ4n) is 3.50. The highest BCUT2D eigenvalue weighted by Gasteiger charge is 2.56. The van der Waals surface area contributed by atoms with E-state index in [0.29, 0.717) is 5.75 Å². The molecule has 0 spiro atoms. The Morgan fingerprint density at radius 3 is 2.22 bits per heavy atom. The first-order valence-corrected chi connectivity index (χ1v) is 9.80. The quantitative estimate of drug-likeness (QED) is 0.610. The summed E-state index contributed by atoms with van der Waals surface area (Å²) in [6.07, 6.45) is -1.60. The highest BCUT2D eigenvalue weighted by atomic mass is 32.2. The molecule has 3 N–H and O–H groups in total. The third-order valence-electron chi connectivity index (χ3n) is 4.90. The standard InChI is InChI=1S/C20H20N2O4S/c21-15-18(24)22-16(14(23)11-27-19(15)22)20(25)26-17(12-7-3-1-4-8-12)13-9-5-2-6-10-13/h1-10,14-17,19,23H,11,21H2/t14?,15?,16?,19-/m0/s1. The Balaban J connectivity index is 1.61. The number of β-lactam (4-membered cyclic amide) rings is 1. The van der Waals surface area contributed by atoms with Crippen molar-refractivity contribution in [3.63, 3.8) is 0 Å². The van der Waals surface area contributed by atoms with Crippen molar-refractivity contribution in [3.05, 3.63) is 71.8 Å². The summed E-state index contributed by atoms with van der Waals surface area (Å²) in [5.74, 6) is -0.613. The number of amides is 1. The van der Waals surface area contributed by atoms with Gasteiger partial charge in [-0.25, -0.2) is 4.79 Å². The summed E-state index contributed by atoms with van der Waals surface area (Å²) in [6, 6.07) is 17.1. The Labute approximate surface area is 161 Å². The number of fused-ring (bicyclic) bond motifs is 1. The molecule has 4 atom stereocenters. The van der Waals surface area contributed by atoms with Crippen molar-refractivity contribution in [1.29, 1.82) is 0 Å². The molecule has 2 aromatic carbocycles. The Morgan fingerprint density at radius 1 is 1.11 bits per heavy atom. The van der Waals surface area contributed by atoms with Crippen LogP contribution in [0.15, 0.2) is 60.7 Å². The van der Waals surface area contributed by atoms with Crippen LogP contribution in [-0.4, -0.2) is 51.2 Å². The van der Waals surface area contributed by atoms with Gasteiger partial charge in [-0.3, -0.25) is 4.79 Å². The predicted molar refractivity (Wildman–Crippen MR) is 102 cm³/mol. The molecular weight excluding hydrogens is 364 g/mol. The summed E-state index contributed by atoms with van der Waals surface area (Å²) >= 11 is 1.39. The van der Waals surface area contributed by atoms with Gasteiger partial charge in [-0.1, -0.05) is 60.7 Å². The number of carbonyl (C=O) groups excluding carboxylic acids is 2. The van der Waals surface area contributed by atoms with Gasteiger partial charge in [0.15, 0.2) is 12.1 Å². The number of aliphatic hydroxyl groups is 1. The van der Waals surface area contributed by atoms with Gasteiger partial charge >= 0.3 is 5.97 Å². The Bertz CT molecular complexity index is 793. The van der Waals surface area contributed by atoms with Crippen LogP contribution < -0.4 is 5.73 Å². The van der Waals surface area contributed by atoms with E-state index in [2.05, 4.69) is 0 Å². The second-order valence-corrected chi connectivity index (χ2v) is 7.80. The van der Waals surface area contributed by atoms with Crippen LogP contribution in [0.25, 0.3) is 0 Å². The van der Waals surface area contributed by atoms with Crippen molar-refractivity contribution in [2.24, 2.45) is 5.73 Å². The average molecular weight is 384 g/mol. The second-order valence-electron chi connectivity index (χ2n) is 6.65. The summed E-state index contributed by atoms with van der Waals surface area (Å²) in [6.45, 7) is 0. The van der Waals surface area contributed by atoms with Gasteiger partial charge in [0.2, 0.25) is 5.91 Å². The number of nitrogens with two attached hydrogens (primary N) is 1. The van der Waals surface area contributed by atoms with E-state index >= 15 is 0 Å². The van der Waals surface area contributed by atoms with Gasteiger partial charge in [0, 0.05) is 5.75 Å². The zero-order chi connectivity index (χ0) is 19.0. The molecule has 140 valence electrons. The molecule has 6 nitrogen and oxygen atoms in total. The lowest BCUT2D eigenvalue weighted by Crippen LogP contribution is -2.75.